The summed E-state index contributed by atoms with van der Waals surface area (Å²) in [4.78, 5) is 14.5. The Hall–Kier alpha value is -1.07. The second-order valence-electron chi connectivity index (χ2n) is 3.60. The topological polar surface area (TPSA) is 41.6 Å². The molecular weight excluding hydrogens is 224 g/mol. The van der Waals surface area contributed by atoms with Crippen molar-refractivity contribution in [3.8, 4) is 0 Å². The summed E-state index contributed by atoms with van der Waals surface area (Å²) in [5.74, 6) is -0.214. The smallest absolute Gasteiger partial charge is 0.348 e. The zero-order chi connectivity index (χ0) is 11.4. The Morgan fingerprint density at radius 1 is 1.50 bits per heavy atom. The molecule has 2 heterocycles. The average Bonchev–Trinajstić information content (AvgIpc) is 2.80. The molecule has 1 fully saturated rings. The number of nitrogens with zero attached hydrogens (tertiary/aromatic N) is 1. The number of hydrogen-bond donors (Lipinski definition) is 1. The van der Waals surface area contributed by atoms with Crippen molar-refractivity contribution >= 4 is 22.3 Å². The maximum atomic E-state index is 11.5. The molecule has 1 saturated heterocycles. The molecule has 1 aliphatic rings. The monoisotopic (exact) mass is 240 g/mol. The summed E-state index contributed by atoms with van der Waals surface area (Å²) in [6.45, 7) is 6.27. The summed E-state index contributed by atoms with van der Waals surface area (Å²) in [6.07, 6.45) is 0. The van der Waals surface area contributed by atoms with Gasteiger partial charge in [0, 0.05) is 26.2 Å². The third-order valence-corrected chi connectivity index (χ3v) is 3.62. The molecule has 0 saturated carbocycles. The highest BCUT2D eigenvalue weighted by Crippen LogP contribution is 2.26. The van der Waals surface area contributed by atoms with E-state index in [1.165, 1.54) is 11.3 Å². The van der Waals surface area contributed by atoms with E-state index in [1.54, 1.807) is 0 Å². The van der Waals surface area contributed by atoms with E-state index < -0.39 is 0 Å². The van der Waals surface area contributed by atoms with E-state index in [1.807, 2.05) is 19.1 Å². The fourth-order valence-electron chi connectivity index (χ4n) is 1.69. The van der Waals surface area contributed by atoms with E-state index in [2.05, 4.69) is 10.2 Å². The first-order valence-electron chi connectivity index (χ1n) is 5.54. The van der Waals surface area contributed by atoms with E-state index in [9.17, 15) is 4.79 Å². The van der Waals surface area contributed by atoms with Crippen molar-refractivity contribution in [2.75, 3.05) is 37.7 Å². The average molecular weight is 240 g/mol. The quantitative estimate of drug-likeness (QED) is 0.809. The first kappa shape index (κ1) is 11.4. The Balaban J connectivity index is 2.03. The normalized spacial score (nSPS) is 16.2. The number of piperazine rings is 1. The van der Waals surface area contributed by atoms with Crippen molar-refractivity contribution in [3.05, 3.63) is 17.0 Å². The lowest BCUT2D eigenvalue weighted by atomic mass is 10.4. The summed E-state index contributed by atoms with van der Waals surface area (Å²) in [6, 6.07) is 3.85. The van der Waals surface area contributed by atoms with Crippen molar-refractivity contribution in [1.82, 2.24) is 5.32 Å². The summed E-state index contributed by atoms with van der Waals surface area (Å²) < 4.78 is 4.97. The molecular formula is C11H16N2O2S. The van der Waals surface area contributed by atoms with Gasteiger partial charge in [-0.25, -0.2) is 4.79 Å². The number of anilines is 1. The van der Waals surface area contributed by atoms with Gasteiger partial charge in [0.15, 0.2) is 0 Å². The number of ether oxygens (including phenoxy) is 1. The maximum Gasteiger partial charge on any atom is 0.348 e. The molecule has 16 heavy (non-hydrogen) atoms. The second-order valence-corrected chi connectivity index (χ2v) is 4.66. The van der Waals surface area contributed by atoms with E-state index >= 15 is 0 Å². The van der Waals surface area contributed by atoms with Gasteiger partial charge >= 0.3 is 5.97 Å². The van der Waals surface area contributed by atoms with Gasteiger partial charge in [0.2, 0.25) is 0 Å². The fourth-order valence-corrected chi connectivity index (χ4v) is 2.65. The number of carbonyl (C=O) groups is 1. The van der Waals surface area contributed by atoms with Gasteiger partial charge in [0.25, 0.3) is 0 Å². The van der Waals surface area contributed by atoms with Crippen molar-refractivity contribution in [2.24, 2.45) is 0 Å². The van der Waals surface area contributed by atoms with Crippen LogP contribution in [0.25, 0.3) is 0 Å². The first-order chi connectivity index (χ1) is 7.81. The first-order valence-corrected chi connectivity index (χ1v) is 6.35. The number of esters is 1. The summed E-state index contributed by atoms with van der Waals surface area (Å²) in [5.41, 5.74) is 0. The molecule has 0 aliphatic carbocycles. The van der Waals surface area contributed by atoms with Crippen LogP contribution in [-0.2, 0) is 4.74 Å². The highest BCUT2D eigenvalue weighted by Gasteiger charge is 2.15. The van der Waals surface area contributed by atoms with E-state index in [-0.39, 0.29) is 5.97 Å². The largest absolute Gasteiger partial charge is 0.462 e. The van der Waals surface area contributed by atoms with Crippen molar-refractivity contribution in [3.63, 3.8) is 0 Å². The predicted octanol–water partition coefficient (Wildman–Crippen LogP) is 1.33. The fraction of sp³-hybridized carbons (Fsp3) is 0.545. The van der Waals surface area contributed by atoms with Gasteiger partial charge < -0.3 is 15.0 Å². The molecule has 88 valence electrons. The SMILES string of the molecule is CCOC(=O)c1ccc(N2CCNCC2)s1. The Kier molecular flexibility index (Phi) is 3.79. The van der Waals surface area contributed by atoms with Crippen LogP contribution in [0.1, 0.15) is 16.6 Å². The van der Waals surface area contributed by atoms with Gasteiger partial charge in [-0.15, -0.1) is 11.3 Å². The van der Waals surface area contributed by atoms with Gasteiger partial charge in [-0.3, -0.25) is 0 Å². The van der Waals surface area contributed by atoms with Gasteiger partial charge in [0.05, 0.1) is 11.6 Å². The van der Waals surface area contributed by atoms with Gasteiger partial charge in [0.1, 0.15) is 4.88 Å². The number of nitrogens with one attached hydrogen (secondary N) is 1. The third kappa shape index (κ3) is 2.54. The van der Waals surface area contributed by atoms with Crippen LogP contribution >= 0.6 is 11.3 Å². The molecule has 0 spiro atoms. The van der Waals surface area contributed by atoms with Crippen LogP contribution < -0.4 is 10.2 Å². The molecule has 0 unspecified atom stereocenters. The summed E-state index contributed by atoms with van der Waals surface area (Å²) in [7, 11) is 0. The standard InChI is InChI=1S/C11H16N2O2S/c1-2-15-11(14)9-3-4-10(16-9)13-7-5-12-6-8-13/h3-4,12H,2,5-8H2,1H3. The van der Waals surface area contributed by atoms with Gasteiger partial charge in [-0.1, -0.05) is 0 Å². The Morgan fingerprint density at radius 2 is 2.25 bits per heavy atom. The Labute approximate surface area is 99.2 Å². The minimum absolute atomic E-state index is 0.214. The zero-order valence-corrected chi connectivity index (χ0v) is 10.2. The number of carbonyl (C=O) groups excluding carboxylic acids is 1. The van der Waals surface area contributed by atoms with E-state index in [0.717, 1.165) is 31.2 Å². The molecule has 5 heteroatoms. The maximum absolute atomic E-state index is 11.5. The zero-order valence-electron chi connectivity index (χ0n) is 9.36. The van der Waals surface area contributed by atoms with E-state index in [4.69, 9.17) is 4.74 Å². The molecule has 0 aromatic carbocycles. The second kappa shape index (κ2) is 5.32. The van der Waals surface area contributed by atoms with E-state index in [0.29, 0.717) is 11.5 Å². The van der Waals surface area contributed by atoms with Crippen molar-refractivity contribution in [2.45, 2.75) is 6.92 Å². The number of rotatable bonds is 3. The molecule has 0 atom stereocenters. The lowest BCUT2D eigenvalue weighted by molar-refractivity contribution is 0.0532. The molecule has 2 rings (SSSR count). The summed E-state index contributed by atoms with van der Waals surface area (Å²) in [5, 5.41) is 4.46. The van der Waals surface area contributed by atoms with Crippen LogP contribution in [0.4, 0.5) is 5.00 Å². The minimum Gasteiger partial charge on any atom is -0.462 e. The Bertz CT molecular complexity index is 359. The number of hydrogen-bond acceptors (Lipinski definition) is 5. The van der Waals surface area contributed by atoms with Crippen LogP contribution in [0.5, 0.6) is 0 Å². The third-order valence-electron chi connectivity index (χ3n) is 2.50. The highest BCUT2D eigenvalue weighted by atomic mass is 32.1. The molecule has 1 aromatic rings. The van der Waals surface area contributed by atoms with Crippen LogP contribution in [0, 0.1) is 0 Å². The van der Waals surface area contributed by atoms with Crippen molar-refractivity contribution < 1.29 is 9.53 Å². The van der Waals surface area contributed by atoms with Gasteiger partial charge in [-0.2, -0.15) is 0 Å². The van der Waals surface area contributed by atoms with Crippen LogP contribution in [0.2, 0.25) is 0 Å². The van der Waals surface area contributed by atoms with Gasteiger partial charge in [-0.05, 0) is 19.1 Å². The molecule has 1 aromatic heterocycles. The predicted molar refractivity (Wildman–Crippen MR) is 65.4 cm³/mol. The Morgan fingerprint density at radius 3 is 2.94 bits per heavy atom. The highest BCUT2D eigenvalue weighted by molar-refractivity contribution is 7.17. The lowest BCUT2D eigenvalue weighted by Crippen LogP contribution is -2.43. The molecule has 4 nitrogen and oxygen atoms in total. The molecule has 1 N–H and O–H groups in total. The molecule has 0 amide bonds. The molecule has 1 aliphatic heterocycles. The van der Waals surface area contributed by atoms with Crippen LogP contribution in [-0.4, -0.2) is 38.8 Å². The minimum atomic E-state index is -0.214. The molecule has 0 radical (unpaired) electrons. The van der Waals surface area contributed by atoms with Crippen molar-refractivity contribution in [1.29, 1.82) is 0 Å². The summed E-state index contributed by atoms with van der Waals surface area (Å²) >= 11 is 1.51. The number of thiophene rings is 1. The molecule has 0 bridgehead atoms. The van der Waals surface area contributed by atoms with Crippen LogP contribution in [0.15, 0.2) is 12.1 Å². The van der Waals surface area contributed by atoms with Crippen LogP contribution in [0.3, 0.4) is 0 Å². The lowest BCUT2D eigenvalue weighted by Gasteiger charge is -2.27.